The van der Waals surface area contributed by atoms with Crippen LogP contribution in [0.3, 0.4) is 0 Å². The summed E-state index contributed by atoms with van der Waals surface area (Å²) < 4.78 is 32.9. The van der Waals surface area contributed by atoms with Crippen molar-refractivity contribution in [1.82, 2.24) is 4.72 Å². The van der Waals surface area contributed by atoms with Gasteiger partial charge in [0.25, 0.3) is 0 Å². The predicted molar refractivity (Wildman–Crippen MR) is 116 cm³/mol. The van der Waals surface area contributed by atoms with Crippen molar-refractivity contribution in [1.29, 1.82) is 0 Å². The molecule has 2 N–H and O–H groups in total. The van der Waals surface area contributed by atoms with E-state index in [1.807, 2.05) is 0 Å². The Bertz CT molecular complexity index is 764. The lowest BCUT2D eigenvalue weighted by molar-refractivity contribution is 0.297. The average Bonchev–Trinajstić information content (AvgIpc) is 3.47. The molecule has 0 atom stereocenters. The number of sulfonamides is 1. The summed E-state index contributed by atoms with van der Waals surface area (Å²) in [5.74, 6) is 2.36. The van der Waals surface area contributed by atoms with Crippen LogP contribution in [-0.4, -0.2) is 32.9 Å². The first-order valence-electron chi connectivity index (χ1n) is 10.7. The van der Waals surface area contributed by atoms with Crippen LogP contribution in [0.4, 0.5) is 5.69 Å². The third-order valence-corrected chi connectivity index (χ3v) is 8.19. The molecule has 0 spiro atoms. The van der Waals surface area contributed by atoms with Gasteiger partial charge in [0.05, 0.1) is 11.9 Å². The zero-order valence-corrected chi connectivity index (χ0v) is 18.6. The van der Waals surface area contributed by atoms with Crippen LogP contribution in [0, 0.1) is 25.7 Å². The number of ether oxygens (including phenoxy) is 1. The smallest absolute Gasteiger partial charge is 0.214 e. The fraction of sp³-hybridized carbons (Fsp3) is 0.727. The van der Waals surface area contributed by atoms with Crippen LogP contribution in [0.25, 0.3) is 0 Å². The van der Waals surface area contributed by atoms with Crippen molar-refractivity contribution >= 4 is 15.7 Å². The van der Waals surface area contributed by atoms with Gasteiger partial charge in [-0.05, 0) is 101 Å². The van der Waals surface area contributed by atoms with E-state index in [1.165, 1.54) is 29.7 Å². The minimum Gasteiger partial charge on any atom is -0.493 e. The van der Waals surface area contributed by atoms with Crippen molar-refractivity contribution in [2.45, 2.75) is 77.5 Å². The summed E-state index contributed by atoms with van der Waals surface area (Å²) in [7, 11) is -3.17. The van der Waals surface area contributed by atoms with Crippen molar-refractivity contribution in [2.24, 2.45) is 11.8 Å². The topological polar surface area (TPSA) is 67.4 Å². The first-order valence-corrected chi connectivity index (χ1v) is 12.3. The molecule has 2 aliphatic carbocycles. The molecule has 0 amide bonds. The second-order valence-electron chi connectivity index (χ2n) is 8.93. The normalized spacial score (nSPS) is 23.0. The molecule has 2 fully saturated rings. The number of rotatable bonds is 9. The van der Waals surface area contributed by atoms with Gasteiger partial charge in [-0.15, -0.1) is 0 Å². The number of anilines is 1. The van der Waals surface area contributed by atoms with Gasteiger partial charge in [-0.1, -0.05) is 0 Å². The van der Waals surface area contributed by atoms with Crippen LogP contribution in [-0.2, 0) is 10.0 Å². The van der Waals surface area contributed by atoms with Gasteiger partial charge in [0.2, 0.25) is 10.0 Å². The van der Waals surface area contributed by atoms with Gasteiger partial charge in [-0.3, -0.25) is 0 Å². The molecule has 0 unspecified atom stereocenters. The summed E-state index contributed by atoms with van der Waals surface area (Å²) in [6, 6.07) is 4.31. The van der Waals surface area contributed by atoms with E-state index in [9.17, 15) is 8.42 Å². The van der Waals surface area contributed by atoms with Crippen LogP contribution in [0.5, 0.6) is 5.75 Å². The molecule has 0 heterocycles. The lowest BCUT2D eigenvalue weighted by Gasteiger charge is -2.30. The summed E-state index contributed by atoms with van der Waals surface area (Å²) in [5.41, 5.74) is 3.66. The zero-order chi connectivity index (χ0) is 20.3. The first kappa shape index (κ1) is 21.4. The average molecular weight is 409 g/mol. The molecule has 0 saturated heterocycles. The largest absolute Gasteiger partial charge is 0.493 e. The number of hydrogen-bond acceptors (Lipinski definition) is 4. The highest BCUT2D eigenvalue weighted by atomic mass is 32.2. The Morgan fingerprint density at radius 1 is 1.00 bits per heavy atom. The van der Waals surface area contributed by atoms with Gasteiger partial charge in [0.1, 0.15) is 5.75 Å². The minimum absolute atomic E-state index is 0.0931. The highest BCUT2D eigenvalue weighted by molar-refractivity contribution is 7.90. The van der Waals surface area contributed by atoms with Crippen molar-refractivity contribution in [3.63, 3.8) is 0 Å². The van der Waals surface area contributed by atoms with Crippen LogP contribution < -0.4 is 14.8 Å². The highest BCUT2D eigenvalue weighted by Gasteiger charge is 2.26. The molecular weight excluding hydrogens is 372 g/mol. The maximum Gasteiger partial charge on any atom is 0.214 e. The predicted octanol–water partition coefficient (Wildman–Crippen LogP) is 4.39. The maximum absolute atomic E-state index is 12.0. The Morgan fingerprint density at radius 2 is 1.64 bits per heavy atom. The lowest BCUT2D eigenvalue weighted by atomic mass is 9.86. The second-order valence-corrected chi connectivity index (χ2v) is 11.2. The fourth-order valence-electron chi connectivity index (χ4n) is 3.74. The van der Waals surface area contributed by atoms with Gasteiger partial charge in [-0.2, -0.15) is 0 Å². The molecule has 28 heavy (non-hydrogen) atoms. The Hall–Kier alpha value is -1.27. The molecule has 0 aliphatic heterocycles. The van der Waals surface area contributed by atoms with Gasteiger partial charge < -0.3 is 10.1 Å². The van der Waals surface area contributed by atoms with Crippen LogP contribution >= 0.6 is 0 Å². The SMILES string of the molecule is Cc1c(NCC2CCC(NS(=O)(=O)C(C)C)CC2)ccc(OCC2CC2)c1C. The third kappa shape index (κ3) is 5.63. The van der Waals surface area contributed by atoms with Crippen molar-refractivity contribution < 1.29 is 13.2 Å². The van der Waals surface area contributed by atoms with E-state index in [0.29, 0.717) is 5.92 Å². The molecular formula is C22H36N2O3S. The lowest BCUT2D eigenvalue weighted by Crippen LogP contribution is -2.41. The summed E-state index contributed by atoms with van der Waals surface area (Å²) in [6.07, 6.45) is 6.56. The van der Waals surface area contributed by atoms with Gasteiger partial charge in [0, 0.05) is 18.3 Å². The van der Waals surface area contributed by atoms with Crippen molar-refractivity contribution in [3.8, 4) is 5.75 Å². The molecule has 6 heteroatoms. The Labute approximate surface area is 170 Å². The summed E-state index contributed by atoms with van der Waals surface area (Å²) in [4.78, 5) is 0. The Morgan fingerprint density at radius 3 is 2.25 bits per heavy atom. The van der Waals surface area contributed by atoms with Gasteiger partial charge >= 0.3 is 0 Å². The fourth-order valence-corrected chi connectivity index (χ4v) is 4.72. The Balaban J connectivity index is 1.46. The maximum atomic E-state index is 12.0. The second kappa shape index (κ2) is 9.04. The quantitative estimate of drug-likeness (QED) is 0.636. The minimum atomic E-state index is -3.17. The standard InChI is InChI=1S/C22H36N2O3S/c1-15(2)28(25,26)24-20-9-7-18(8-10-20)13-23-21-11-12-22(17(4)16(21)3)27-14-19-5-6-19/h11-12,15,18-20,23-24H,5-10,13-14H2,1-4H3. The molecule has 158 valence electrons. The van der Waals surface area contributed by atoms with Crippen molar-refractivity contribution in [3.05, 3.63) is 23.3 Å². The monoisotopic (exact) mass is 408 g/mol. The number of nitrogens with one attached hydrogen (secondary N) is 2. The molecule has 2 aliphatic rings. The highest BCUT2D eigenvalue weighted by Crippen LogP contribution is 2.33. The van der Waals surface area contributed by atoms with E-state index in [4.69, 9.17) is 4.74 Å². The van der Waals surface area contributed by atoms with Crippen LogP contribution in [0.2, 0.25) is 0 Å². The Kier molecular flexibility index (Phi) is 6.92. The number of benzene rings is 1. The van der Waals surface area contributed by atoms with Gasteiger partial charge in [0.15, 0.2) is 0 Å². The first-order chi connectivity index (χ1) is 13.3. The molecule has 0 aromatic heterocycles. The van der Waals surface area contributed by atoms with E-state index in [0.717, 1.165) is 50.5 Å². The zero-order valence-electron chi connectivity index (χ0n) is 17.8. The molecule has 0 radical (unpaired) electrons. The molecule has 0 bridgehead atoms. The molecule has 3 rings (SSSR count). The van der Waals surface area contributed by atoms with Crippen molar-refractivity contribution in [2.75, 3.05) is 18.5 Å². The third-order valence-electron chi connectivity index (χ3n) is 6.29. The molecule has 2 saturated carbocycles. The van der Waals surface area contributed by atoms with E-state index in [1.54, 1.807) is 13.8 Å². The molecule has 1 aromatic rings. The van der Waals surface area contributed by atoms with E-state index >= 15 is 0 Å². The summed E-state index contributed by atoms with van der Waals surface area (Å²) >= 11 is 0. The van der Waals surface area contributed by atoms with E-state index in [-0.39, 0.29) is 11.3 Å². The van der Waals surface area contributed by atoms with Crippen LogP contribution in [0.15, 0.2) is 12.1 Å². The van der Waals surface area contributed by atoms with E-state index in [2.05, 4.69) is 36.0 Å². The molecule has 5 nitrogen and oxygen atoms in total. The van der Waals surface area contributed by atoms with Gasteiger partial charge in [-0.25, -0.2) is 13.1 Å². The molecule has 1 aromatic carbocycles. The number of hydrogen-bond donors (Lipinski definition) is 2. The summed E-state index contributed by atoms with van der Waals surface area (Å²) in [6.45, 7) is 9.52. The summed E-state index contributed by atoms with van der Waals surface area (Å²) in [5, 5.41) is 3.25. The van der Waals surface area contributed by atoms with E-state index < -0.39 is 10.0 Å². The van der Waals surface area contributed by atoms with Crippen LogP contribution in [0.1, 0.15) is 63.5 Å².